The van der Waals surface area contributed by atoms with E-state index in [1.165, 1.54) is 0 Å². The van der Waals surface area contributed by atoms with Gasteiger partial charge >= 0.3 is 5.97 Å². The second kappa shape index (κ2) is 7.40. The van der Waals surface area contributed by atoms with Crippen molar-refractivity contribution in [2.24, 2.45) is 0 Å². The minimum atomic E-state index is -0.879. The molecule has 0 fully saturated rings. The molecule has 25 heavy (non-hydrogen) atoms. The van der Waals surface area contributed by atoms with Gasteiger partial charge in [-0.2, -0.15) is 0 Å². The Morgan fingerprint density at radius 1 is 1.16 bits per heavy atom. The molecule has 6 heteroatoms. The number of carbonyl (C=O) groups excluding carboxylic acids is 2. The van der Waals surface area contributed by atoms with Crippen LogP contribution in [0, 0.1) is 0 Å². The molecule has 3 rings (SSSR count). The molecule has 0 aliphatic carbocycles. The first-order valence-electron chi connectivity index (χ1n) is 7.90. The predicted molar refractivity (Wildman–Crippen MR) is 96.6 cm³/mol. The number of esters is 1. The SMILES string of the molecule is CCOC(=O)C(NC(=O)c1cc2cccc(Cl)c2[nH]1)c1ccccc1. The molecule has 0 bridgehead atoms. The van der Waals surface area contributed by atoms with Crippen LogP contribution in [0.25, 0.3) is 10.9 Å². The summed E-state index contributed by atoms with van der Waals surface area (Å²) in [7, 11) is 0. The Labute approximate surface area is 149 Å². The fourth-order valence-corrected chi connectivity index (χ4v) is 2.83. The number of ether oxygens (including phenoxy) is 1. The Hall–Kier alpha value is -2.79. The van der Waals surface area contributed by atoms with Crippen LogP contribution in [0.3, 0.4) is 0 Å². The molecule has 1 heterocycles. The molecule has 0 saturated carbocycles. The number of amides is 1. The van der Waals surface area contributed by atoms with E-state index in [2.05, 4.69) is 10.3 Å². The Kier molecular flexibility index (Phi) is 5.05. The maximum atomic E-state index is 12.6. The molecular formula is C19H17ClN2O3. The molecule has 3 aromatic rings. The van der Waals surface area contributed by atoms with Crippen LogP contribution in [0.1, 0.15) is 29.0 Å². The smallest absolute Gasteiger partial charge is 0.333 e. The molecule has 0 saturated heterocycles. The summed E-state index contributed by atoms with van der Waals surface area (Å²) >= 11 is 6.13. The second-order valence-electron chi connectivity index (χ2n) is 5.46. The summed E-state index contributed by atoms with van der Waals surface area (Å²) < 4.78 is 5.09. The van der Waals surface area contributed by atoms with Gasteiger partial charge in [0, 0.05) is 5.39 Å². The Balaban J connectivity index is 1.88. The summed E-state index contributed by atoms with van der Waals surface area (Å²) in [5.74, 6) is -0.912. The molecule has 1 amide bonds. The molecule has 128 valence electrons. The van der Waals surface area contributed by atoms with Gasteiger partial charge in [0.15, 0.2) is 6.04 Å². The summed E-state index contributed by atoms with van der Waals surface area (Å²) in [4.78, 5) is 27.9. The van der Waals surface area contributed by atoms with Crippen LogP contribution in [0.4, 0.5) is 0 Å². The molecule has 0 aliphatic heterocycles. The molecule has 0 radical (unpaired) electrons. The normalized spacial score (nSPS) is 11.9. The van der Waals surface area contributed by atoms with E-state index in [1.54, 1.807) is 43.3 Å². The highest BCUT2D eigenvalue weighted by Crippen LogP contribution is 2.24. The zero-order chi connectivity index (χ0) is 17.8. The standard InChI is InChI=1S/C19H17ClN2O3/c1-2-25-19(24)17(12-7-4-3-5-8-12)22-18(23)15-11-13-9-6-10-14(20)16(13)21-15/h3-11,17,21H,2H2,1H3,(H,22,23). The van der Waals surface area contributed by atoms with Crippen molar-refractivity contribution in [1.82, 2.24) is 10.3 Å². The highest BCUT2D eigenvalue weighted by molar-refractivity contribution is 6.35. The van der Waals surface area contributed by atoms with Crippen LogP contribution in [-0.4, -0.2) is 23.5 Å². The monoisotopic (exact) mass is 356 g/mol. The molecule has 1 aromatic heterocycles. The summed E-state index contributed by atoms with van der Waals surface area (Å²) in [6.45, 7) is 1.96. The summed E-state index contributed by atoms with van der Waals surface area (Å²) in [6.07, 6.45) is 0. The topological polar surface area (TPSA) is 71.2 Å². The fourth-order valence-electron chi connectivity index (χ4n) is 2.60. The number of benzene rings is 2. The van der Waals surface area contributed by atoms with Crippen LogP contribution >= 0.6 is 11.6 Å². The maximum Gasteiger partial charge on any atom is 0.333 e. The van der Waals surface area contributed by atoms with Crippen LogP contribution in [-0.2, 0) is 9.53 Å². The summed E-state index contributed by atoms with van der Waals surface area (Å²) in [5, 5.41) is 4.08. The maximum absolute atomic E-state index is 12.6. The van der Waals surface area contributed by atoms with Gasteiger partial charge < -0.3 is 15.0 Å². The van der Waals surface area contributed by atoms with Gasteiger partial charge in [0.25, 0.3) is 5.91 Å². The summed E-state index contributed by atoms with van der Waals surface area (Å²) in [6, 6.07) is 15.2. The Morgan fingerprint density at radius 3 is 2.60 bits per heavy atom. The first kappa shape index (κ1) is 17.0. The van der Waals surface area contributed by atoms with E-state index in [0.717, 1.165) is 5.39 Å². The minimum Gasteiger partial charge on any atom is -0.464 e. The highest BCUT2D eigenvalue weighted by atomic mass is 35.5. The zero-order valence-corrected chi connectivity index (χ0v) is 14.3. The van der Waals surface area contributed by atoms with Gasteiger partial charge in [-0.3, -0.25) is 4.79 Å². The Morgan fingerprint density at radius 2 is 1.92 bits per heavy atom. The van der Waals surface area contributed by atoms with Crippen LogP contribution in [0.5, 0.6) is 0 Å². The molecule has 0 spiro atoms. The molecule has 1 unspecified atom stereocenters. The van der Waals surface area contributed by atoms with E-state index >= 15 is 0 Å². The predicted octanol–water partition coefficient (Wildman–Crippen LogP) is 3.86. The van der Waals surface area contributed by atoms with Crippen molar-refractivity contribution in [3.8, 4) is 0 Å². The van der Waals surface area contributed by atoms with Crippen molar-refractivity contribution in [1.29, 1.82) is 0 Å². The van der Waals surface area contributed by atoms with Crippen LogP contribution < -0.4 is 5.32 Å². The van der Waals surface area contributed by atoms with E-state index in [4.69, 9.17) is 16.3 Å². The van der Waals surface area contributed by atoms with Gasteiger partial charge in [-0.15, -0.1) is 0 Å². The second-order valence-corrected chi connectivity index (χ2v) is 5.86. The van der Waals surface area contributed by atoms with E-state index in [-0.39, 0.29) is 6.61 Å². The van der Waals surface area contributed by atoms with Crippen molar-refractivity contribution in [3.05, 3.63) is 70.9 Å². The lowest BCUT2D eigenvalue weighted by Gasteiger charge is -2.17. The van der Waals surface area contributed by atoms with Crippen molar-refractivity contribution in [3.63, 3.8) is 0 Å². The van der Waals surface area contributed by atoms with Crippen LogP contribution in [0.2, 0.25) is 5.02 Å². The number of aromatic amines is 1. The fraction of sp³-hybridized carbons (Fsp3) is 0.158. The lowest BCUT2D eigenvalue weighted by Crippen LogP contribution is -2.35. The van der Waals surface area contributed by atoms with E-state index in [9.17, 15) is 9.59 Å². The van der Waals surface area contributed by atoms with Crippen molar-refractivity contribution in [2.75, 3.05) is 6.61 Å². The van der Waals surface area contributed by atoms with Gasteiger partial charge in [-0.25, -0.2) is 4.79 Å². The van der Waals surface area contributed by atoms with Crippen LogP contribution in [0.15, 0.2) is 54.6 Å². The first-order valence-corrected chi connectivity index (χ1v) is 8.27. The van der Waals surface area contributed by atoms with Crippen molar-refractivity contribution in [2.45, 2.75) is 13.0 Å². The number of H-pyrrole nitrogens is 1. The average Bonchev–Trinajstić information content (AvgIpc) is 3.06. The number of hydrogen-bond donors (Lipinski definition) is 2. The van der Waals surface area contributed by atoms with Crippen molar-refractivity contribution >= 4 is 34.4 Å². The van der Waals surface area contributed by atoms with Gasteiger partial charge in [0.2, 0.25) is 0 Å². The van der Waals surface area contributed by atoms with E-state index in [1.807, 2.05) is 18.2 Å². The summed E-state index contributed by atoms with van der Waals surface area (Å²) in [5.41, 5.74) is 1.67. The minimum absolute atomic E-state index is 0.236. The molecule has 0 aliphatic rings. The largest absolute Gasteiger partial charge is 0.464 e. The van der Waals surface area contributed by atoms with E-state index < -0.39 is 17.9 Å². The molecule has 2 N–H and O–H groups in total. The third kappa shape index (κ3) is 3.67. The lowest BCUT2D eigenvalue weighted by molar-refractivity contribution is -0.145. The Bertz CT molecular complexity index is 905. The average molecular weight is 357 g/mol. The van der Waals surface area contributed by atoms with Gasteiger partial charge in [-0.1, -0.05) is 54.1 Å². The highest BCUT2D eigenvalue weighted by Gasteiger charge is 2.25. The zero-order valence-electron chi connectivity index (χ0n) is 13.6. The number of para-hydroxylation sites is 1. The van der Waals surface area contributed by atoms with E-state index in [0.29, 0.717) is 21.8 Å². The quantitative estimate of drug-likeness (QED) is 0.682. The van der Waals surface area contributed by atoms with Gasteiger partial charge in [-0.05, 0) is 24.6 Å². The molecule has 2 aromatic carbocycles. The molecule has 1 atom stereocenters. The third-order valence-electron chi connectivity index (χ3n) is 3.78. The lowest BCUT2D eigenvalue weighted by atomic mass is 10.1. The molecular weight excluding hydrogens is 340 g/mol. The number of halogens is 1. The third-order valence-corrected chi connectivity index (χ3v) is 4.10. The number of fused-ring (bicyclic) bond motifs is 1. The number of carbonyl (C=O) groups is 2. The number of aromatic nitrogens is 1. The number of nitrogens with one attached hydrogen (secondary N) is 2. The number of hydrogen-bond acceptors (Lipinski definition) is 3. The van der Waals surface area contributed by atoms with Gasteiger partial charge in [0.1, 0.15) is 5.69 Å². The van der Waals surface area contributed by atoms with Crippen molar-refractivity contribution < 1.29 is 14.3 Å². The van der Waals surface area contributed by atoms with Gasteiger partial charge in [0.05, 0.1) is 17.1 Å². The molecule has 5 nitrogen and oxygen atoms in total. The number of rotatable bonds is 5. The first-order chi connectivity index (χ1) is 12.1.